The van der Waals surface area contributed by atoms with Crippen molar-refractivity contribution in [3.05, 3.63) is 77.1 Å². The number of benzene rings is 2. The number of aliphatic hydroxyl groups excluding tert-OH is 2. The summed E-state index contributed by atoms with van der Waals surface area (Å²) in [7, 11) is 0. The average molecular weight is 578 g/mol. The van der Waals surface area contributed by atoms with E-state index in [4.69, 9.17) is 11.6 Å². The van der Waals surface area contributed by atoms with Crippen LogP contribution in [-0.2, 0) is 6.42 Å². The summed E-state index contributed by atoms with van der Waals surface area (Å²) in [6, 6.07) is 12.7. The number of aromatic nitrogens is 8. The fourth-order valence-electron chi connectivity index (χ4n) is 5.32. The van der Waals surface area contributed by atoms with Crippen LogP contribution in [0.1, 0.15) is 48.3 Å². The number of phenols is 2. The zero-order chi connectivity index (χ0) is 28.7. The van der Waals surface area contributed by atoms with Crippen LogP contribution in [0.15, 0.2) is 54.9 Å². The quantitative estimate of drug-likeness (QED) is 0.171. The molecule has 2 unspecified atom stereocenters. The first kappa shape index (κ1) is 26.9. The van der Waals surface area contributed by atoms with Crippen LogP contribution in [0.3, 0.4) is 0 Å². The number of fused-ring (bicyclic) bond motifs is 1. The third kappa shape index (κ3) is 5.14. The molecule has 1 fully saturated rings. The number of aliphatic hydroxyl groups is 2. The van der Waals surface area contributed by atoms with Crippen molar-refractivity contribution < 1.29 is 20.4 Å². The Morgan fingerprint density at radius 3 is 2.20 bits per heavy atom. The molecule has 41 heavy (non-hydrogen) atoms. The van der Waals surface area contributed by atoms with Crippen LogP contribution >= 0.6 is 11.6 Å². The molecule has 1 aliphatic carbocycles. The van der Waals surface area contributed by atoms with E-state index in [0.29, 0.717) is 42.2 Å². The zero-order valence-electron chi connectivity index (χ0n) is 21.9. The molecule has 0 radical (unpaired) electrons. The molecule has 3 aromatic heterocycles. The van der Waals surface area contributed by atoms with Crippen LogP contribution in [0.2, 0.25) is 5.28 Å². The number of phenolic OH excluding ortho intramolecular Hbond substituents is 2. The van der Waals surface area contributed by atoms with E-state index in [1.54, 1.807) is 35.2 Å². The fourth-order valence-corrected chi connectivity index (χ4v) is 5.49. The molecule has 14 heteroatoms. The number of rotatable bonds is 8. The van der Waals surface area contributed by atoms with E-state index in [9.17, 15) is 20.4 Å². The van der Waals surface area contributed by atoms with Crippen molar-refractivity contribution in [2.75, 3.05) is 11.9 Å². The lowest BCUT2D eigenvalue weighted by molar-refractivity contribution is 0.00473. The van der Waals surface area contributed by atoms with E-state index < -0.39 is 24.3 Å². The molecule has 0 spiro atoms. The molecular weight excluding hydrogens is 550 g/mol. The summed E-state index contributed by atoms with van der Waals surface area (Å²) in [5, 5.41) is 57.1. The van der Waals surface area contributed by atoms with Gasteiger partial charge in [-0.25, -0.2) is 4.98 Å². The predicted molar refractivity (Wildman–Crippen MR) is 149 cm³/mol. The Balaban J connectivity index is 1.30. The van der Waals surface area contributed by atoms with Crippen LogP contribution in [-0.4, -0.2) is 78.9 Å². The molecular formula is C27H28ClN9O4. The molecule has 13 nitrogen and oxygen atoms in total. The highest BCUT2D eigenvalue weighted by atomic mass is 35.5. The maximum absolute atomic E-state index is 11.0. The first-order valence-electron chi connectivity index (χ1n) is 13.2. The van der Waals surface area contributed by atoms with Gasteiger partial charge < -0.3 is 30.3 Å². The van der Waals surface area contributed by atoms with Crippen LogP contribution < -0.4 is 5.32 Å². The van der Waals surface area contributed by atoms with Crippen LogP contribution in [0.5, 0.6) is 11.5 Å². The second kappa shape index (κ2) is 10.9. The van der Waals surface area contributed by atoms with Gasteiger partial charge in [0.2, 0.25) is 5.28 Å². The van der Waals surface area contributed by atoms with Crippen molar-refractivity contribution in [1.29, 1.82) is 0 Å². The molecule has 1 aliphatic rings. The predicted octanol–water partition coefficient (Wildman–Crippen LogP) is 2.59. The molecule has 0 bridgehead atoms. The van der Waals surface area contributed by atoms with E-state index in [0.717, 1.165) is 11.1 Å². The number of imidazole rings is 1. The van der Waals surface area contributed by atoms with Crippen LogP contribution in [0.25, 0.3) is 11.2 Å². The number of aromatic hydroxyl groups is 2. The van der Waals surface area contributed by atoms with Gasteiger partial charge in [0.15, 0.2) is 22.8 Å². The minimum Gasteiger partial charge on any atom is -0.508 e. The SMILES string of the molecule is CCc1nnn([C@H]2CC(n3cnc4c(NCC(c5ccc(O)cc5)c5ccc(O)cc5)nc(Cl)nc43)C(O)[C@@H]2O)n1. The van der Waals surface area contributed by atoms with Crippen LogP contribution in [0.4, 0.5) is 5.82 Å². The summed E-state index contributed by atoms with van der Waals surface area (Å²) in [6.45, 7) is 2.30. The first-order chi connectivity index (χ1) is 19.8. The van der Waals surface area contributed by atoms with Crippen molar-refractivity contribution in [1.82, 2.24) is 39.7 Å². The van der Waals surface area contributed by atoms with Gasteiger partial charge in [-0.05, 0) is 58.6 Å². The highest BCUT2D eigenvalue weighted by Gasteiger charge is 2.45. The lowest BCUT2D eigenvalue weighted by atomic mass is 9.91. The zero-order valence-corrected chi connectivity index (χ0v) is 22.7. The largest absolute Gasteiger partial charge is 0.508 e. The topological polar surface area (TPSA) is 180 Å². The van der Waals surface area contributed by atoms with E-state index in [1.165, 1.54) is 4.80 Å². The fraction of sp³-hybridized carbons (Fsp3) is 0.333. The summed E-state index contributed by atoms with van der Waals surface area (Å²) in [6.07, 6.45) is 0.219. The first-order valence-corrected chi connectivity index (χ1v) is 13.6. The minimum absolute atomic E-state index is 0.0114. The number of nitrogens with zero attached hydrogens (tertiary/aromatic N) is 8. The molecule has 1 saturated carbocycles. The number of tetrazole rings is 1. The average Bonchev–Trinajstić information content (AvgIpc) is 3.68. The van der Waals surface area contributed by atoms with Crippen molar-refractivity contribution in [2.45, 2.75) is 50.0 Å². The molecule has 2 aromatic carbocycles. The standard InChI is InChI=1S/C27H28ClN9O4/c1-2-21-33-35-37(34-21)20-11-19(23(40)24(20)41)36-13-30-22-25(31-27(28)32-26(22)36)29-12-18(14-3-7-16(38)8-4-14)15-5-9-17(39)10-6-15/h3-10,13,18-20,23-24,38-41H,2,11-12H2,1H3,(H,29,31,32)/t19?,20-,23?,24+/m0/s1. The number of halogens is 1. The maximum Gasteiger partial charge on any atom is 0.226 e. The number of aryl methyl sites for hydroxylation is 1. The lowest BCUT2D eigenvalue weighted by Gasteiger charge is -2.20. The van der Waals surface area contributed by atoms with Gasteiger partial charge in [0.25, 0.3) is 0 Å². The van der Waals surface area contributed by atoms with Gasteiger partial charge in [-0.3, -0.25) is 0 Å². The Hall–Kier alpha value is -4.33. The molecule has 0 saturated heterocycles. The van der Waals surface area contributed by atoms with Gasteiger partial charge in [-0.15, -0.1) is 10.2 Å². The number of hydrogen-bond acceptors (Lipinski definition) is 11. The van der Waals surface area contributed by atoms with E-state index in [-0.39, 0.29) is 22.7 Å². The number of nitrogens with one attached hydrogen (secondary N) is 1. The van der Waals surface area contributed by atoms with Crippen molar-refractivity contribution in [3.8, 4) is 11.5 Å². The normalized spacial score (nSPS) is 20.7. The Kier molecular flexibility index (Phi) is 7.15. The molecule has 0 aliphatic heterocycles. The second-order valence-corrected chi connectivity index (χ2v) is 10.4. The third-order valence-corrected chi connectivity index (χ3v) is 7.69. The van der Waals surface area contributed by atoms with Crippen molar-refractivity contribution in [3.63, 3.8) is 0 Å². The van der Waals surface area contributed by atoms with E-state index in [1.807, 2.05) is 31.2 Å². The van der Waals surface area contributed by atoms with Crippen LogP contribution in [0, 0.1) is 0 Å². The third-order valence-electron chi connectivity index (χ3n) is 7.52. The summed E-state index contributed by atoms with van der Waals surface area (Å²) in [5.41, 5.74) is 2.72. The smallest absolute Gasteiger partial charge is 0.226 e. The summed E-state index contributed by atoms with van der Waals surface area (Å²) >= 11 is 6.35. The van der Waals surface area contributed by atoms with Gasteiger partial charge in [0, 0.05) is 18.9 Å². The Morgan fingerprint density at radius 1 is 0.951 bits per heavy atom. The molecule has 5 N–H and O–H groups in total. The van der Waals surface area contributed by atoms with Gasteiger partial charge in [-0.2, -0.15) is 14.8 Å². The number of hydrogen-bond donors (Lipinski definition) is 5. The molecule has 0 amide bonds. The van der Waals surface area contributed by atoms with E-state index >= 15 is 0 Å². The summed E-state index contributed by atoms with van der Waals surface area (Å²) in [5.74, 6) is 1.10. The Labute approximate surface area is 239 Å². The Morgan fingerprint density at radius 2 is 1.59 bits per heavy atom. The highest BCUT2D eigenvalue weighted by molar-refractivity contribution is 6.28. The molecule has 212 valence electrons. The lowest BCUT2D eigenvalue weighted by Crippen LogP contribution is -2.31. The number of anilines is 1. The molecule has 6 rings (SSSR count). The van der Waals surface area contributed by atoms with Gasteiger partial charge in [-0.1, -0.05) is 31.2 Å². The second-order valence-electron chi connectivity index (χ2n) is 10.0. The maximum atomic E-state index is 11.0. The molecule has 3 heterocycles. The van der Waals surface area contributed by atoms with E-state index in [2.05, 4.69) is 35.7 Å². The van der Waals surface area contributed by atoms with Gasteiger partial charge in [0.1, 0.15) is 29.7 Å². The molecule has 4 atom stereocenters. The Bertz CT molecular complexity index is 1610. The molecule has 5 aromatic rings. The minimum atomic E-state index is -1.13. The van der Waals surface area contributed by atoms with Crippen molar-refractivity contribution in [2.24, 2.45) is 0 Å². The van der Waals surface area contributed by atoms with Gasteiger partial charge >= 0.3 is 0 Å². The van der Waals surface area contributed by atoms with Crippen molar-refractivity contribution >= 4 is 28.6 Å². The highest BCUT2D eigenvalue weighted by Crippen LogP contribution is 2.39. The summed E-state index contributed by atoms with van der Waals surface area (Å²) < 4.78 is 1.69. The van der Waals surface area contributed by atoms with Gasteiger partial charge in [0.05, 0.1) is 12.4 Å². The summed E-state index contributed by atoms with van der Waals surface area (Å²) in [4.78, 5) is 14.7. The monoisotopic (exact) mass is 577 g/mol.